The lowest BCUT2D eigenvalue weighted by Gasteiger charge is -2.12. The number of aliphatic imine (C=N–C) groups is 1. The first kappa shape index (κ1) is 18.8. The van der Waals surface area contributed by atoms with Crippen molar-refractivity contribution in [1.82, 2.24) is 0 Å². The summed E-state index contributed by atoms with van der Waals surface area (Å²) < 4.78 is 69.3. The molecule has 0 unspecified atom stereocenters. The van der Waals surface area contributed by atoms with Crippen LogP contribution in [0.25, 0.3) is 11.1 Å². The molecule has 3 aromatic rings. The average molecular weight is 398 g/mol. The van der Waals surface area contributed by atoms with Crippen LogP contribution in [0, 0.1) is 40.4 Å². The van der Waals surface area contributed by atoms with Gasteiger partial charge in [0.15, 0.2) is 23.3 Å². The number of benzene rings is 3. The van der Waals surface area contributed by atoms with E-state index in [9.17, 15) is 22.0 Å². The maximum absolute atomic E-state index is 14.3. The zero-order valence-electron chi connectivity index (χ0n) is 15.0. The first-order chi connectivity index (χ1) is 13.9. The Morgan fingerprint density at radius 3 is 2.10 bits per heavy atom. The van der Waals surface area contributed by atoms with E-state index in [4.69, 9.17) is 5.26 Å². The molecule has 0 atom stereocenters. The van der Waals surface area contributed by atoms with E-state index in [-0.39, 0.29) is 11.3 Å². The van der Waals surface area contributed by atoms with Gasteiger partial charge in [0.25, 0.3) is 0 Å². The molecule has 0 fully saturated rings. The normalized spacial score (nSPS) is 12.5. The van der Waals surface area contributed by atoms with Gasteiger partial charge < -0.3 is 0 Å². The summed E-state index contributed by atoms with van der Waals surface area (Å²) in [4.78, 5) is 3.81. The van der Waals surface area contributed by atoms with Crippen LogP contribution >= 0.6 is 0 Å². The van der Waals surface area contributed by atoms with Crippen LogP contribution in [0.2, 0.25) is 0 Å². The van der Waals surface area contributed by atoms with Gasteiger partial charge in [-0.05, 0) is 46.9 Å². The number of nitriles is 1. The number of halogens is 5. The molecule has 0 saturated heterocycles. The SMILES string of the molecule is C/N=C(/c1ccc2c(c1)-c1ccc(C#N)cc1C2)c1c(F)c(F)c(F)c(F)c1F. The molecule has 4 rings (SSSR count). The third-order valence-corrected chi connectivity index (χ3v) is 4.96. The Kier molecular flexibility index (Phi) is 4.42. The van der Waals surface area contributed by atoms with E-state index >= 15 is 0 Å². The van der Waals surface area contributed by atoms with E-state index in [2.05, 4.69) is 11.1 Å². The number of fused-ring (bicyclic) bond motifs is 3. The number of nitrogens with zero attached hydrogens (tertiary/aromatic N) is 2. The van der Waals surface area contributed by atoms with E-state index in [0.29, 0.717) is 12.0 Å². The standard InChI is InChI=1S/C22H11F5N2/c1-29-22(16-17(23)19(25)21(27)20(26)18(16)24)12-4-3-11-7-13-6-10(9-28)2-5-14(13)15(11)8-12/h2-6,8H,7H2,1H3/b29-22-. The second kappa shape index (κ2) is 6.82. The van der Waals surface area contributed by atoms with Gasteiger partial charge in [0.1, 0.15) is 0 Å². The van der Waals surface area contributed by atoms with Crippen molar-refractivity contribution in [2.75, 3.05) is 7.05 Å². The molecule has 3 aromatic carbocycles. The third-order valence-electron chi connectivity index (χ3n) is 4.96. The van der Waals surface area contributed by atoms with Crippen molar-refractivity contribution in [3.8, 4) is 17.2 Å². The molecule has 29 heavy (non-hydrogen) atoms. The highest BCUT2D eigenvalue weighted by Crippen LogP contribution is 2.38. The van der Waals surface area contributed by atoms with E-state index in [1.165, 1.54) is 13.1 Å². The summed E-state index contributed by atoms with van der Waals surface area (Å²) in [6.45, 7) is 0. The van der Waals surface area contributed by atoms with Crippen LogP contribution in [0.5, 0.6) is 0 Å². The lowest BCUT2D eigenvalue weighted by Crippen LogP contribution is -2.14. The lowest BCUT2D eigenvalue weighted by molar-refractivity contribution is 0.377. The van der Waals surface area contributed by atoms with Gasteiger partial charge in [-0.3, -0.25) is 4.99 Å². The Labute approximate surface area is 162 Å². The molecule has 0 amide bonds. The smallest absolute Gasteiger partial charge is 0.200 e. The Morgan fingerprint density at radius 2 is 1.48 bits per heavy atom. The summed E-state index contributed by atoms with van der Waals surface area (Å²) >= 11 is 0. The molecule has 0 N–H and O–H groups in total. The van der Waals surface area contributed by atoms with Crippen molar-refractivity contribution in [3.63, 3.8) is 0 Å². The van der Waals surface area contributed by atoms with Crippen molar-refractivity contribution in [2.45, 2.75) is 6.42 Å². The van der Waals surface area contributed by atoms with Gasteiger partial charge >= 0.3 is 0 Å². The predicted molar refractivity (Wildman–Crippen MR) is 97.2 cm³/mol. The van der Waals surface area contributed by atoms with Crippen molar-refractivity contribution in [2.24, 2.45) is 4.99 Å². The Morgan fingerprint density at radius 1 is 0.828 bits per heavy atom. The molecular formula is C22H11F5N2. The van der Waals surface area contributed by atoms with Crippen LogP contribution in [0.15, 0.2) is 41.4 Å². The van der Waals surface area contributed by atoms with Gasteiger partial charge in [-0.15, -0.1) is 0 Å². The molecule has 0 bridgehead atoms. The minimum absolute atomic E-state index is 0.215. The summed E-state index contributed by atoms with van der Waals surface area (Å²) in [7, 11) is 1.22. The fourth-order valence-corrected chi connectivity index (χ4v) is 3.60. The van der Waals surface area contributed by atoms with Crippen LogP contribution in [0.4, 0.5) is 22.0 Å². The van der Waals surface area contributed by atoms with Crippen LogP contribution in [0.3, 0.4) is 0 Å². The molecule has 0 heterocycles. The second-order valence-electron chi connectivity index (χ2n) is 6.55. The van der Waals surface area contributed by atoms with Crippen LogP contribution in [-0.4, -0.2) is 12.8 Å². The van der Waals surface area contributed by atoms with Crippen molar-refractivity contribution in [1.29, 1.82) is 5.26 Å². The maximum atomic E-state index is 14.3. The fourth-order valence-electron chi connectivity index (χ4n) is 3.60. The Balaban J connectivity index is 1.88. The summed E-state index contributed by atoms with van der Waals surface area (Å²) in [5.74, 6) is -10.1. The molecule has 0 radical (unpaired) electrons. The molecule has 7 heteroatoms. The molecular weight excluding hydrogens is 387 g/mol. The zero-order valence-corrected chi connectivity index (χ0v) is 15.0. The zero-order chi connectivity index (χ0) is 20.9. The summed E-state index contributed by atoms with van der Waals surface area (Å²) in [5, 5.41) is 9.05. The third kappa shape index (κ3) is 2.80. The second-order valence-corrected chi connectivity index (χ2v) is 6.55. The van der Waals surface area contributed by atoms with E-state index < -0.39 is 34.6 Å². The summed E-state index contributed by atoms with van der Waals surface area (Å²) in [6.07, 6.45) is 0.571. The highest BCUT2D eigenvalue weighted by molar-refractivity contribution is 6.14. The van der Waals surface area contributed by atoms with E-state index in [1.807, 2.05) is 0 Å². The molecule has 0 saturated carbocycles. The predicted octanol–water partition coefficient (Wildman–Crippen LogP) is 5.29. The first-order valence-electron chi connectivity index (χ1n) is 8.52. The van der Waals surface area contributed by atoms with Gasteiger partial charge in [-0.2, -0.15) is 5.26 Å². The monoisotopic (exact) mass is 398 g/mol. The highest BCUT2D eigenvalue weighted by Gasteiger charge is 2.29. The number of hydrogen-bond acceptors (Lipinski definition) is 2. The highest BCUT2D eigenvalue weighted by atomic mass is 19.2. The van der Waals surface area contributed by atoms with Gasteiger partial charge in [0, 0.05) is 12.6 Å². The lowest BCUT2D eigenvalue weighted by atomic mass is 9.96. The fraction of sp³-hybridized carbons (Fsp3) is 0.0909. The Hall–Kier alpha value is -3.53. The van der Waals surface area contributed by atoms with Crippen molar-refractivity contribution < 1.29 is 22.0 Å². The molecule has 0 aliphatic heterocycles. The molecule has 1 aliphatic carbocycles. The topological polar surface area (TPSA) is 36.1 Å². The molecule has 144 valence electrons. The largest absolute Gasteiger partial charge is 0.287 e. The van der Waals surface area contributed by atoms with E-state index in [0.717, 1.165) is 22.3 Å². The van der Waals surface area contributed by atoms with Crippen molar-refractivity contribution in [3.05, 3.63) is 93.3 Å². The summed E-state index contributed by atoms with van der Waals surface area (Å²) in [6, 6.07) is 12.1. The van der Waals surface area contributed by atoms with Crippen LogP contribution in [-0.2, 0) is 6.42 Å². The van der Waals surface area contributed by atoms with Gasteiger partial charge in [-0.1, -0.05) is 18.2 Å². The van der Waals surface area contributed by atoms with Gasteiger partial charge in [0.05, 0.1) is 22.9 Å². The van der Waals surface area contributed by atoms with Gasteiger partial charge in [0.2, 0.25) is 5.82 Å². The number of hydrogen-bond donors (Lipinski definition) is 0. The maximum Gasteiger partial charge on any atom is 0.200 e. The van der Waals surface area contributed by atoms with Gasteiger partial charge in [-0.25, -0.2) is 22.0 Å². The minimum atomic E-state index is -2.21. The minimum Gasteiger partial charge on any atom is -0.287 e. The summed E-state index contributed by atoms with van der Waals surface area (Å²) in [5.41, 5.74) is 2.75. The molecule has 0 aromatic heterocycles. The molecule has 1 aliphatic rings. The van der Waals surface area contributed by atoms with E-state index in [1.54, 1.807) is 30.3 Å². The first-order valence-corrected chi connectivity index (χ1v) is 8.52. The van der Waals surface area contributed by atoms with Crippen LogP contribution in [0.1, 0.15) is 27.8 Å². The quantitative estimate of drug-likeness (QED) is 0.196. The molecule has 0 spiro atoms. The Bertz CT molecular complexity index is 1230. The van der Waals surface area contributed by atoms with Crippen molar-refractivity contribution >= 4 is 5.71 Å². The number of rotatable bonds is 2. The van der Waals surface area contributed by atoms with Crippen LogP contribution < -0.4 is 0 Å². The average Bonchev–Trinajstić information content (AvgIpc) is 3.10. The molecule has 2 nitrogen and oxygen atoms in total.